The summed E-state index contributed by atoms with van der Waals surface area (Å²) in [4.78, 5) is 25.3. The summed E-state index contributed by atoms with van der Waals surface area (Å²) < 4.78 is 27.4. The van der Waals surface area contributed by atoms with Crippen molar-refractivity contribution in [3.63, 3.8) is 0 Å². The summed E-state index contributed by atoms with van der Waals surface area (Å²) in [5.41, 5.74) is 0.212. The van der Waals surface area contributed by atoms with Gasteiger partial charge < -0.3 is 15.3 Å². The lowest BCUT2D eigenvalue weighted by atomic mass is 10.0. The Hall–Kier alpha value is -3.22. The lowest BCUT2D eigenvalue weighted by Gasteiger charge is -2.26. The Bertz CT molecular complexity index is 868. The molecule has 0 radical (unpaired) electrons. The molecule has 2 rings (SSSR count). The standard InChI is InChI=1S/C19H18F2N2O3/c1-4-18(25)22-13-6-8-17(24)15(10-13)19(26)23(3)11(2)14-9-12(20)5-7-16(14)21/h4-11,24H,1H2,2-3H3,(H,22,25). The Balaban J connectivity index is 2.32. The highest BCUT2D eigenvalue weighted by Crippen LogP contribution is 2.28. The molecule has 26 heavy (non-hydrogen) atoms. The van der Waals surface area contributed by atoms with Crippen molar-refractivity contribution < 1.29 is 23.5 Å². The molecule has 0 aromatic heterocycles. The SMILES string of the molecule is C=CC(=O)Nc1ccc(O)c(C(=O)N(C)C(C)c2cc(F)ccc2F)c1. The van der Waals surface area contributed by atoms with Crippen molar-refractivity contribution in [2.24, 2.45) is 0 Å². The zero-order valence-electron chi connectivity index (χ0n) is 14.3. The first-order chi connectivity index (χ1) is 12.2. The molecule has 7 heteroatoms. The van der Waals surface area contributed by atoms with Gasteiger partial charge in [-0.1, -0.05) is 6.58 Å². The zero-order valence-corrected chi connectivity index (χ0v) is 14.3. The smallest absolute Gasteiger partial charge is 0.257 e. The maximum atomic E-state index is 14.0. The Labute approximate surface area is 149 Å². The number of phenols is 1. The third kappa shape index (κ3) is 4.05. The van der Waals surface area contributed by atoms with E-state index in [1.54, 1.807) is 0 Å². The van der Waals surface area contributed by atoms with Crippen molar-refractivity contribution in [1.29, 1.82) is 0 Å². The lowest BCUT2D eigenvalue weighted by Crippen LogP contribution is -2.30. The van der Waals surface area contributed by atoms with Crippen LogP contribution in [0.2, 0.25) is 0 Å². The monoisotopic (exact) mass is 360 g/mol. The van der Waals surface area contributed by atoms with Crippen LogP contribution in [0.25, 0.3) is 0 Å². The molecule has 5 nitrogen and oxygen atoms in total. The van der Waals surface area contributed by atoms with Crippen LogP contribution in [-0.2, 0) is 4.79 Å². The molecular formula is C19H18F2N2O3. The van der Waals surface area contributed by atoms with Crippen LogP contribution in [0, 0.1) is 11.6 Å². The second kappa shape index (κ2) is 7.77. The predicted molar refractivity (Wildman–Crippen MR) is 93.8 cm³/mol. The summed E-state index contributed by atoms with van der Waals surface area (Å²) in [7, 11) is 1.41. The van der Waals surface area contributed by atoms with E-state index in [1.807, 2.05) is 0 Å². The molecular weight excluding hydrogens is 342 g/mol. The molecule has 0 aliphatic rings. The summed E-state index contributed by atoms with van der Waals surface area (Å²) in [6.45, 7) is 4.87. The molecule has 1 atom stereocenters. The third-order valence-corrected chi connectivity index (χ3v) is 3.99. The molecule has 0 aliphatic heterocycles. The van der Waals surface area contributed by atoms with Gasteiger partial charge >= 0.3 is 0 Å². The van der Waals surface area contributed by atoms with Crippen molar-refractivity contribution in [3.8, 4) is 5.75 Å². The molecule has 2 aromatic rings. The quantitative estimate of drug-likeness (QED) is 0.632. The summed E-state index contributed by atoms with van der Waals surface area (Å²) in [5, 5.41) is 12.5. The molecule has 0 saturated heterocycles. The highest BCUT2D eigenvalue weighted by Gasteiger charge is 2.24. The first kappa shape index (κ1) is 19.1. The first-order valence-corrected chi connectivity index (χ1v) is 7.73. The maximum Gasteiger partial charge on any atom is 0.257 e. The number of aromatic hydroxyl groups is 1. The van der Waals surface area contributed by atoms with Gasteiger partial charge in [0.25, 0.3) is 5.91 Å². The molecule has 0 spiro atoms. The van der Waals surface area contributed by atoms with Gasteiger partial charge in [0.05, 0.1) is 11.6 Å². The first-order valence-electron chi connectivity index (χ1n) is 7.73. The van der Waals surface area contributed by atoms with Crippen molar-refractivity contribution in [1.82, 2.24) is 4.90 Å². The molecule has 0 bridgehead atoms. The molecule has 2 N–H and O–H groups in total. The lowest BCUT2D eigenvalue weighted by molar-refractivity contribution is -0.111. The Morgan fingerprint density at radius 3 is 2.58 bits per heavy atom. The molecule has 0 aliphatic carbocycles. The second-order valence-electron chi connectivity index (χ2n) is 5.68. The molecule has 2 amide bonds. The van der Waals surface area contributed by atoms with Crippen LogP contribution in [0.3, 0.4) is 0 Å². The number of hydrogen-bond donors (Lipinski definition) is 2. The number of halogens is 2. The molecule has 2 aromatic carbocycles. The fourth-order valence-electron chi connectivity index (χ4n) is 2.39. The van der Waals surface area contributed by atoms with E-state index in [4.69, 9.17) is 0 Å². The Morgan fingerprint density at radius 1 is 1.23 bits per heavy atom. The average molecular weight is 360 g/mol. The van der Waals surface area contributed by atoms with Gasteiger partial charge in [0.1, 0.15) is 17.4 Å². The number of hydrogen-bond acceptors (Lipinski definition) is 3. The molecule has 1 unspecified atom stereocenters. The number of carbonyl (C=O) groups excluding carboxylic acids is 2. The van der Waals surface area contributed by atoms with E-state index >= 15 is 0 Å². The number of rotatable bonds is 5. The van der Waals surface area contributed by atoms with Crippen LogP contribution >= 0.6 is 0 Å². The topological polar surface area (TPSA) is 69.6 Å². The molecule has 0 saturated carbocycles. The second-order valence-corrected chi connectivity index (χ2v) is 5.68. The summed E-state index contributed by atoms with van der Waals surface area (Å²) in [5.74, 6) is -2.66. The number of benzene rings is 2. The fourth-order valence-corrected chi connectivity index (χ4v) is 2.39. The van der Waals surface area contributed by atoms with Gasteiger partial charge in [-0.25, -0.2) is 8.78 Å². The van der Waals surface area contributed by atoms with E-state index < -0.39 is 29.5 Å². The van der Waals surface area contributed by atoms with E-state index in [2.05, 4.69) is 11.9 Å². The zero-order chi connectivity index (χ0) is 19.4. The van der Waals surface area contributed by atoms with Gasteiger partial charge in [0, 0.05) is 18.3 Å². The minimum atomic E-state index is -0.788. The molecule has 0 fully saturated rings. The van der Waals surface area contributed by atoms with Crippen molar-refractivity contribution in [3.05, 3.63) is 71.8 Å². The van der Waals surface area contributed by atoms with E-state index in [1.165, 1.54) is 37.1 Å². The van der Waals surface area contributed by atoms with Gasteiger partial charge in [-0.2, -0.15) is 0 Å². The van der Waals surface area contributed by atoms with E-state index in [0.29, 0.717) is 0 Å². The number of nitrogens with zero attached hydrogens (tertiary/aromatic N) is 1. The fraction of sp³-hybridized carbons (Fsp3) is 0.158. The van der Waals surface area contributed by atoms with Gasteiger partial charge in [-0.05, 0) is 49.4 Å². The van der Waals surface area contributed by atoms with E-state index in [-0.39, 0.29) is 22.6 Å². The van der Waals surface area contributed by atoms with Crippen LogP contribution in [0.5, 0.6) is 5.75 Å². The number of nitrogens with one attached hydrogen (secondary N) is 1. The van der Waals surface area contributed by atoms with E-state index in [0.717, 1.165) is 24.3 Å². The van der Waals surface area contributed by atoms with Crippen molar-refractivity contribution >= 4 is 17.5 Å². The number of carbonyl (C=O) groups is 2. The Kier molecular flexibility index (Phi) is 5.71. The van der Waals surface area contributed by atoms with Gasteiger partial charge in [0.15, 0.2) is 0 Å². The number of phenolic OH excluding ortho intramolecular Hbond substituents is 1. The van der Waals surface area contributed by atoms with Crippen molar-refractivity contribution in [2.45, 2.75) is 13.0 Å². The minimum Gasteiger partial charge on any atom is -0.507 e. The number of amides is 2. The molecule has 0 heterocycles. The number of anilines is 1. The maximum absolute atomic E-state index is 14.0. The largest absolute Gasteiger partial charge is 0.507 e. The van der Waals surface area contributed by atoms with Crippen LogP contribution in [0.1, 0.15) is 28.9 Å². The third-order valence-electron chi connectivity index (χ3n) is 3.99. The van der Waals surface area contributed by atoms with Gasteiger partial charge in [0.2, 0.25) is 5.91 Å². The average Bonchev–Trinajstić information content (AvgIpc) is 2.63. The Morgan fingerprint density at radius 2 is 1.92 bits per heavy atom. The van der Waals surface area contributed by atoms with E-state index in [9.17, 15) is 23.5 Å². The normalized spacial score (nSPS) is 11.5. The summed E-state index contributed by atoms with van der Waals surface area (Å²) >= 11 is 0. The van der Waals surface area contributed by atoms with Crippen LogP contribution in [0.15, 0.2) is 49.1 Å². The summed E-state index contributed by atoms with van der Waals surface area (Å²) in [6, 6.07) is 6.18. The predicted octanol–water partition coefficient (Wildman–Crippen LogP) is 3.63. The van der Waals surface area contributed by atoms with Crippen molar-refractivity contribution in [2.75, 3.05) is 12.4 Å². The highest BCUT2D eigenvalue weighted by molar-refractivity contribution is 6.02. The minimum absolute atomic E-state index is 0.0106. The molecule has 136 valence electrons. The van der Waals surface area contributed by atoms with Crippen LogP contribution in [-0.4, -0.2) is 28.9 Å². The van der Waals surface area contributed by atoms with Gasteiger partial charge in [-0.3, -0.25) is 9.59 Å². The van der Waals surface area contributed by atoms with Crippen LogP contribution < -0.4 is 5.32 Å². The highest BCUT2D eigenvalue weighted by atomic mass is 19.1. The van der Waals surface area contributed by atoms with Gasteiger partial charge in [-0.15, -0.1) is 0 Å². The van der Waals surface area contributed by atoms with Crippen LogP contribution in [0.4, 0.5) is 14.5 Å². The summed E-state index contributed by atoms with van der Waals surface area (Å²) in [6.07, 6.45) is 1.06.